The van der Waals surface area contributed by atoms with Gasteiger partial charge in [-0.15, -0.1) is 0 Å². The topological polar surface area (TPSA) is 84.9 Å². The van der Waals surface area contributed by atoms with Crippen molar-refractivity contribution in [3.05, 3.63) is 47.5 Å². The minimum atomic E-state index is -3.74. The predicted molar refractivity (Wildman–Crippen MR) is 111 cm³/mol. The molecule has 0 radical (unpaired) electrons. The fourth-order valence-corrected chi connectivity index (χ4v) is 4.91. The van der Waals surface area contributed by atoms with E-state index in [4.69, 9.17) is 9.47 Å². The molecule has 1 N–H and O–H groups in total. The van der Waals surface area contributed by atoms with Crippen LogP contribution in [0.4, 0.5) is 5.69 Å². The van der Waals surface area contributed by atoms with Crippen molar-refractivity contribution in [3.8, 4) is 11.5 Å². The van der Waals surface area contributed by atoms with E-state index in [1.165, 1.54) is 10.4 Å². The van der Waals surface area contributed by atoms with Crippen LogP contribution in [0.15, 0.2) is 41.3 Å². The van der Waals surface area contributed by atoms with E-state index in [1.807, 2.05) is 0 Å². The summed E-state index contributed by atoms with van der Waals surface area (Å²) in [7, 11) is -3.74. The van der Waals surface area contributed by atoms with Gasteiger partial charge in [0.15, 0.2) is 0 Å². The molecule has 0 aromatic heterocycles. The number of benzene rings is 2. The van der Waals surface area contributed by atoms with Crippen molar-refractivity contribution in [2.45, 2.75) is 32.1 Å². The summed E-state index contributed by atoms with van der Waals surface area (Å²) in [5.74, 6) is 0.761. The van der Waals surface area contributed by atoms with E-state index in [0.29, 0.717) is 37.6 Å². The minimum absolute atomic E-state index is 0.0446. The van der Waals surface area contributed by atoms with Gasteiger partial charge in [0.1, 0.15) is 16.4 Å². The van der Waals surface area contributed by atoms with Gasteiger partial charge in [0, 0.05) is 30.8 Å². The van der Waals surface area contributed by atoms with E-state index < -0.39 is 10.0 Å². The van der Waals surface area contributed by atoms with Gasteiger partial charge in [-0.05, 0) is 48.9 Å². The monoisotopic (exact) mass is 418 g/mol. The van der Waals surface area contributed by atoms with Crippen LogP contribution in [0.25, 0.3) is 0 Å². The number of fused-ring (bicyclic) bond motifs is 1. The van der Waals surface area contributed by atoms with Crippen LogP contribution in [0.1, 0.15) is 36.7 Å². The molecule has 0 spiro atoms. The molecule has 2 aromatic carbocycles. The molecule has 29 heavy (non-hydrogen) atoms. The number of carbonyl (C=O) groups is 1. The number of nitrogens with one attached hydrogen (secondary N) is 1. The molecule has 0 atom stereocenters. The number of nitrogens with zero attached hydrogens (tertiary/aromatic N) is 1. The molecule has 0 saturated carbocycles. The molecule has 7 nitrogen and oxygen atoms in total. The van der Waals surface area contributed by atoms with E-state index in [-0.39, 0.29) is 16.6 Å². The largest absolute Gasteiger partial charge is 0.493 e. The van der Waals surface area contributed by atoms with Gasteiger partial charge < -0.3 is 14.8 Å². The number of carbonyl (C=O) groups excluding carboxylic acids is 1. The summed E-state index contributed by atoms with van der Waals surface area (Å²) in [5.41, 5.74) is 1.88. The van der Waals surface area contributed by atoms with Crippen LogP contribution >= 0.6 is 0 Å². The first kappa shape index (κ1) is 21.1. The second-order valence-electron chi connectivity index (χ2n) is 6.56. The molecule has 2 aromatic rings. The summed E-state index contributed by atoms with van der Waals surface area (Å²) >= 11 is 0. The fraction of sp³-hybridized carbons (Fsp3) is 0.381. The standard InChI is InChI=1S/C21H26N2O5S/c1-4-23(5-2)29(25,26)20-14-17(8-10-19(20)27-6-3)22-21(24)16-7-9-18-15(13-16)11-12-28-18/h7-10,13-14H,4-6,11-12H2,1-3H3,(H,22,24). The van der Waals surface area contributed by atoms with Crippen LogP contribution in [0.5, 0.6) is 11.5 Å². The third-order valence-corrected chi connectivity index (χ3v) is 6.85. The van der Waals surface area contributed by atoms with Gasteiger partial charge in [-0.3, -0.25) is 4.79 Å². The molecule has 1 amide bonds. The predicted octanol–water partition coefficient (Wildman–Crippen LogP) is 3.30. The first-order valence-corrected chi connectivity index (χ1v) is 11.2. The Kier molecular flexibility index (Phi) is 6.44. The average Bonchev–Trinajstić information content (AvgIpc) is 3.17. The first-order valence-electron chi connectivity index (χ1n) is 9.74. The maximum Gasteiger partial charge on any atom is 0.255 e. The summed E-state index contributed by atoms with van der Waals surface area (Å²) in [6.45, 7) is 7.00. The molecule has 8 heteroatoms. The molecule has 0 aliphatic carbocycles. The highest BCUT2D eigenvalue weighted by Crippen LogP contribution is 2.31. The zero-order valence-electron chi connectivity index (χ0n) is 16.9. The van der Waals surface area contributed by atoms with Crippen LogP contribution in [-0.4, -0.2) is 44.9 Å². The van der Waals surface area contributed by atoms with E-state index in [2.05, 4.69) is 5.32 Å². The van der Waals surface area contributed by atoms with Crippen molar-refractivity contribution in [2.24, 2.45) is 0 Å². The molecule has 0 unspecified atom stereocenters. The summed E-state index contributed by atoms with van der Waals surface area (Å²) in [5, 5.41) is 2.79. The first-order chi connectivity index (χ1) is 13.9. The van der Waals surface area contributed by atoms with Crippen molar-refractivity contribution in [1.82, 2.24) is 4.31 Å². The number of amides is 1. The smallest absolute Gasteiger partial charge is 0.255 e. The van der Waals surface area contributed by atoms with Gasteiger partial charge in [0.25, 0.3) is 5.91 Å². The quantitative estimate of drug-likeness (QED) is 0.711. The van der Waals surface area contributed by atoms with Crippen molar-refractivity contribution < 1.29 is 22.7 Å². The van der Waals surface area contributed by atoms with Gasteiger partial charge >= 0.3 is 0 Å². The summed E-state index contributed by atoms with van der Waals surface area (Å²) in [6, 6.07) is 9.95. The average molecular weight is 419 g/mol. The Balaban J connectivity index is 1.91. The van der Waals surface area contributed by atoms with Gasteiger partial charge in [0.05, 0.1) is 13.2 Å². The Bertz CT molecular complexity index is 1000. The lowest BCUT2D eigenvalue weighted by Crippen LogP contribution is -2.31. The maximum atomic E-state index is 13.0. The third kappa shape index (κ3) is 4.38. The van der Waals surface area contributed by atoms with Gasteiger partial charge in [-0.25, -0.2) is 8.42 Å². The van der Waals surface area contributed by atoms with Crippen LogP contribution in [-0.2, 0) is 16.4 Å². The van der Waals surface area contributed by atoms with Crippen molar-refractivity contribution in [1.29, 1.82) is 0 Å². The van der Waals surface area contributed by atoms with Crippen molar-refractivity contribution in [2.75, 3.05) is 31.6 Å². The second-order valence-corrected chi connectivity index (χ2v) is 8.47. The second kappa shape index (κ2) is 8.84. The molecule has 0 saturated heterocycles. The molecule has 1 aliphatic rings. The normalized spacial score (nSPS) is 13.1. The highest BCUT2D eigenvalue weighted by molar-refractivity contribution is 7.89. The van der Waals surface area contributed by atoms with E-state index in [0.717, 1.165) is 17.7 Å². The Labute approximate surface area is 171 Å². The number of hydrogen-bond acceptors (Lipinski definition) is 5. The Hall–Kier alpha value is -2.58. The summed E-state index contributed by atoms with van der Waals surface area (Å²) in [4.78, 5) is 12.7. The van der Waals surface area contributed by atoms with Gasteiger partial charge in [-0.1, -0.05) is 13.8 Å². The Morgan fingerprint density at radius 3 is 2.59 bits per heavy atom. The molecule has 0 bridgehead atoms. The number of rotatable bonds is 8. The van der Waals surface area contributed by atoms with Crippen LogP contribution in [0, 0.1) is 0 Å². The lowest BCUT2D eigenvalue weighted by atomic mass is 10.1. The summed E-state index contributed by atoms with van der Waals surface area (Å²) < 4.78 is 38.4. The number of anilines is 1. The highest BCUT2D eigenvalue weighted by Gasteiger charge is 2.26. The molecular formula is C21H26N2O5S. The van der Waals surface area contributed by atoms with Gasteiger partial charge in [-0.2, -0.15) is 4.31 Å². The molecule has 3 rings (SSSR count). The maximum absolute atomic E-state index is 13.0. The summed E-state index contributed by atoms with van der Waals surface area (Å²) in [6.07, 6.45) is 0.770. The molecule has 1 heterocycles. The fourth-order valence-electron chi connectivity index (χ4n) is 3.30. The van der Waals surface area contributed by atoms with Gasteiger partial charge in [0.2, 0.25) is 10.0 Å². The molecule has 0 fully saturated rings. The lowest BCUT2D eigenvalue weighted by Gasteiger charge is -2.21. The van der Waals surface area contributed by atoms with Crippen molar-refractivity contribution in [3.63, 3.8) is 0 Å². The van der Waals surface area contributed by atoms with Crippen LogP contribution in [0.2, 0.25) is 0 Å². The van der Waals surface area contributed by atoms with Crippen LogP contribution < -0.4 is 14.8 Å². The highest BCUT2D eigenvalue weighted by atomic mass is 32.2. The molecule has 156 valence electrons. The lowest BCUT2D eigenvalue weighted by molar-refractivity contribution is 0.102. The Morgan fingerprint density at radius 1 is 1.14 bits per heavy atom. The SMILES string of the molecule is CCOc1ccc(NC(=O)c2ccc3c(c2)CCO3)cc1S(=O)(=O)N(CC)CC. The number of hydrogen-bond donors (Lipinski definition) is 1. The number of ether oxygens (including phenoxy) is 2. The molecular weight excluding hydrogens is 392 g/mol. The zero-order valence-corrected chi connectivity index (χ0v) is 17.7. The van der Waals surface area contributed by atoms with E-state index in [9.17, 15) is 13.2 Å². The molecule has 1 aliphatic heterocycles. The van der Waals surface area contributed by atoms with Crippen molar-refractivity contribution >= 4 is 21.6 Å². The van der Waals surface area contributed by atoms with E-state index in [1.54, 1.807) is 51.1 Å². The minimum Gasteiger partial charge on any atom is -0.493 e. The van der Waals surface area contributed by atoms with Crippen LogP contribution in [0.3, 0.4) is 0 Å². The Morgan fingerprint density at radius 2 is 1.90 bits per heavy atom. The third-order valence-electron chi connectivity index (χ3n) is 4.78. The van der Waals surface area contributed by atoms with E-state index >= 15 is 0 Å². The number of sulfonamides is 1. The zero-order chi connectivity index (χ0) is 21.0.